The van der Waals surface area contributed by atoms with E-state index in [2.05, 4.69) is 39.5 Å². The smallest absolute Gasteiger partial charge is 0.151 e. The maximum absolute atomic E-state index is 4.31. The van der Waals surface area contributed by atoms with Crippen LogP contribution in [-0.2, 0) is 6.54 Å². The fraction of sp³-hybridized carbons (Fsp3) is 0.667. The van der Waals surface area contributed by atoms with E-state index in [1.54, 1.807) is 0 Å². The standard InChI is InChI=1S/C12H20N4/c1-3-8-16(11-5-6-11)12-7-4-10(9-13-2)14-15-12/h4,7,11,13H,3,5-6,8-9H2,1-2H3. The Balaban J connectivity index is 2.05. The van der Waals surface area contributed by atoms with Crippen molar-refractivity contribution in [2.75, 3.05) is 18.5 Å². The van der Waals surface area contributed by atoms with Crippen molar-refractivity contribution in [2.24, 2.45) is 0 Å². The second-order valence-electron chi connectivity index (χ2n) is 4.34. The van der Waals surface area contributed by atoms with Gasteiger partial charge in [0.2, 0.25) is 0 Å². The molecule has 88 valence electrons. The van der Waals surface area contributed by atoms with Crippen LogP contribution in [0, 0.1) is 0 Å². The predicted octanol–water partition coefficient (Wildman–Crippen LogP) is 1.57. The average molecular weight is 220 g/mol. The highest BCUT2D eigenvalue weighted by molar-refractivity contribution is 5.40. The van der Waals surface area contributed by atoms with Crippen LogP contribution in [0.4, 0.5) is 5.82 Å². The third kappa shape index (κ3) is 2.70. The molecule has 0 aliphatic heterocycles. The Morgan fingerprint density at radius 2 is 2.19 bits per heavy atom. The topological polar surface area (TPSA) is 41.0 Å². The maximum Gasteiger partial charge on any atom is 0.151 e. The zero-order valence-electron chi connectivity index (χ0n) is 10.1. The molecule has 4 heteroatoms. The van der Waals surface area contributed by atoms with Gasteiger partial charge in [-0.2, -0.15) is 5.10 Å². The van der Waals surface area contributed by atoms with Crippen LogP contribution in [0.1, 0.15) is 31.9 Å². The first kappa shape index (κ1) is 11.3. The Kier molecular flexibility index (Phi) is 3.72. The normalized spacial score (nSPS) is 15.1. The minimum atomic E-state index is 0.712. The van der Waals surface area contributed by atoms with Crippen LogP contribution in [0.5, 0.6) is 0 Å². The molecule has 0 amide bonds. The Morgan fingerprint density at radius 1 is 1.38 bits per heavy atom. The number of hydrogen-bond acceptors (Lipinski definition) is 4. The van der Waals surface area contributed by atoms with Crippen molar-refractivity contribution in [3.05, 3.63) is 17.8 Å². The van der Waals surface area contributed by atoms with Gasteiger partial charge in [-0.15, -0.1) is 5.10 Å². The summed E-state index contributed by atoms with van der Waals surface area (Å²) in [5.74, 6) is 1.03. The van der Waals surface area contributed by atoms with E-state index in [-0.39, 0.29) is 0 Å². The quantitative estimate of drug-likeness (QED) is 0.790. The molecule has 0 bridgehead atoms. The number of rotatable bonds is 6. The number of nitrogens with one attached hydrogen (secondary N) is 1. The molecular formula is C12H20N4. The fourth-order valence-electron chi connectivity index (χ4n) is 1.89. The number of anilines is 1. The zero-order valence-corrected chi connectivity index (χ0v) is 10.1. The van der Waals surface area contributed by atoms with Crippen LogP contribution in [0.2, 0.25) is 0 Å². The molecule has 0 atom stereocenters. The SMILES string of the molecule is CCCN(c1ccc(CNC)nn1)C1CC1. The van der Waals surface area contributed by atoms with Gasteiger partial charge in [0.05, 0.1) is 5.69 Å². The van der Waals surface area contributed by atoms with E-state index in [1.165, 1.54) is 12.8 Å². The lowest BCUT2D eigenvalue weighted by Crippen LogP contribution is -2.27. The van der Waals surface area contributed by atoms with E-state index >= 15 is 0 Å². The molecule has 1 aliphatic carbocycles. The molecule has 0 unspecified atom stereocenters. The van der Waals surface area contributed by atoms with Gasteiger partial charge in [-0.05, 0) is 38.4 Å². The lowest BCUT2D eigenvalue weighted by Gasteiger charge is -2.22. The summed E-state index contributed by atoms with van der Waals surface area (Å²) < 4.78 is 0. The van der Waals surface area contributed by atoms with Crippen molar-refractivity contribution in [3.63, 3.8) is 0 Å². The molecule has 0 saturated heterocycles. The van der Waals surface area contributed by atoms with Gasteiger partial charge in [0.25, 0.3) is 0 Å². The highest BCUT2D eigenvalue weighted by atomic mass is 15.3. The molecule has 16 heavy (non-hydrogen) atoms. The molecule has 1 N–H and O–H groups in total. The average Bonchev–Trinajstić information content (AvgIpc) is 3.12. The van der Waals surface area contributed by atoms with Gasteiger partial charge in [0, 0.05) is 19.1 Å². The van der Waals surface area contributed by atoms with Gasteiger partial charge in [-0.3, -0.25) is 0 Å². The number of hydrogen-bond donors (Lipinski definition) is 1. The molecule has 1 aliphatic rings. The minimum Gasteiger partial charge on any atom is -0.352 e. The summed E-state index contributed by atoms with van der Waals surface area (Å²) in [5, 5.41) is 11.6. The molecule has 0 spiro atoms. The third-order valence-corrected chi connectivity index (χ3v) is 2.81. The van der Waals surface area contributed by atoms with E-state index in [0.717, 1.165) is 31.0 Å². The first-order chi connectivity index (χ1) is 7.85. The second kappa shape index (κ2) is 5.25. The van der Waals surface area contributed by atoms with Crippen LogP contribution in [-0.4, -0.2) is 29.8 Å². The van der Waals surface area contributed by atoms with Crippen molar-refractivity contribution < 1.29 is 0 Å². The van der Waals surface area contributed by atoms with E-state index in [1.807, 2.05) is 7.05 Å². The summed E-state index contributed by atoms with van der Waals surface area (Å²) in [5.41, 5.74) is 0.999. The van der Waals surface area contributed by atoms with Crippen LogP contribution in [0.3, 0.4) is 0 Å². The number of aromatic nitrogens is 2. The first-order valence-corrected chi connectivity index (χ1v) is 6.09. The Bertz CT molecular complexity index is 318. The van der Waals surface area contributed by atoms with Gasteiger partial charge in [-0.25, -0.2) is 0 Å². The molecule has 1 aromatic rings. The van der Waals surface area contributed by atoms with Gasteiger partial charge in [0.15, 0.2) is 5.82 Å². The van der Waals surface area contributed by atoms with Crippen LogP contribution in [0.15, 0.2) is 12.1 Å². The van der Waals surface area contributed by atoms with Gasteiger partial charge in [0.1, 0.15) is 0 Å². The summed E-state index contributed by atoms with van der Waals surface area (Å²) in [6.45, 7) is 4.08. The molecule has 1 fully saturated rings. The van der Waals surface area contributed by atoms with Crippen molar-refractivity contribution >= 4 is 5.82 Å². The highest BCUT2D eigenvalue weighted by Gasteiger charge is 2.29. The fourth-order valence-corrected chi connectivity index (χ4v) is 1.89. The van der Waals surface area contributed by atoms with E-state index in [4.69, 9.17) is 0 Å². The van der Waals surface area contributed by atoms with Crippen LogP contribution in [0.25, 0.3) is 0 Å². The van der Waals surface area contributed by atoms with E-state index in [0.29, 0.717) is 6.04 Å². The summed E-state index contributed by atoms with van der Waals surface area (Å²) in [6.07, 6.45) is 3.77. The Morgan fingerprint density at radius 3 is 2.69 bits per heavy atom. The molecule has 0 aromatic carbocycles. The molecule has 4 nitrogen and oxygen atoms in total. The van der Waals surface area contributed by atoms with Crippen molar-refractivity contribution in [1.82, 2.24) is 15.5 Å². The first-order valence-electron chi connectivity index (χ1n) is 6.09. The molecule has 1 aromatic heterocycles. The van der Waals surface area contributed by atoms with Crippen molar-refractivity contribution in [2.45, 2.75) is 38.8 Å². The summed E-state index contributed by atoms with van der Waals surface area (Å²) in [6, 6.07) is 4.86. The minimum absolute atomic E-state index is 0.712. The van der Waals surface area contributed by atoms with Gasteiger partial charge in [-0.1, -0.05) is 6.92 Å². The number of nitrogens with zero attached hydrogens (tertiary/aromatic N) is 3. The van der Waals surface area contributed by atoms with Gasteiger partial charge >= 0.3 is 0 Å². The van der Waals surface area contributed by atoms with Crippen molar-refractivity contribution in [1.29, 1.82) is 0 Å². The van der Waals surface area contributed by atoms with Crippen LogP contribution >= 0.6 is 0 Å². The molecule has 1 heterocycles. The summed E-state index contributed by atoms with van der Waals surface area (Å²) in [7, 11) is 1.92. The van der Waals surface area contributed by atoms with Crippen molar-refractivity contribution in [3.8, 4) is 0 Å². The second-order valence-corrected chi connectivity index (χ2v) is 4.34. The predicted molar refractivity (Wildman–Crippen MR) is 65.5 cm³/mol. The van der Waals surface area contributed by atoms with Crippen LogP contribution < -0.4 is 10.2 Å². The molecule has 1 saturated carbocycles. The molecular weight excluding hydrogens is 200 g/mol. The highest BCUT2D eigenvalue weighted by Crippen LogP contribution is 2.30. The van der Waals surface area contributed by atoms with E-state index in [9.17, 15) is 0 Å². The summed E-state index contributed by atoms with van der Waals surface area (Å²) in [4.78, 5) is 2.39. The maximum atomic E-state index is 4.31. The lowest BCUT2D eigenvalue weighted by molar-refractivity contribution is 0.722. The third-order valence-electron chi connectivity index (χ3n) is 2.81. The Labute approximate surface area is 97.1 Å². The zero-order chi connectivity index (χ0) is 11.4. The largest absolute Gasteiger partial charge is 0.352 e. The van der Waals surface area contributed by atoms with E-state index < -0.39 is 0 Å². The molecule has 0 radical (unpaired) electrons. The molecule has 2 rings (SSSR count). The van der Waals surface area contributed by atoms with Gasteiger partial charge < -0.3 is 10.2 Å². The monoisotopic (exact) mass is 220 g/mol. The summed E-state index contributed by atoms with van der Waals surface area (Å²) >= 11 is 0. The lowest BCUT2D eigenvalue weighted by atomic mass is 10.3. The Hall–Kier alpha value is -1.16.